The molecule has 3 aromatic rings. The molecule has 118 valence electrons. The number of hydrogen-bond donors (Lipinski definition) is 1. The van der Waals surface area contributed by atoms with E-state index in [1.807, 2.05) is 32.0 Å². The van der Waals surface area contributed by atoms with Crippen molar-refractivity contribution in [2.45, 2.75) is 19.1 Å². The molecule has 0 atom stereocenters. The van der Waals surface area contributed by atoms with Crippen molar-refractivity contribution in [1.82, 2.24) is 4.98 Å². The number of benzene rings is 2. The van der Waals surface area contributed by atoms with Crippen LogP contribution in [-0.4, -0.2) is 16.6 Å². The van der Waals surface area contributed by atoms with Gasteiger partial charge in [0.2, 0.25) is 5.91 Å². The Bertz CT molecular complexity index is 856. The van der Waals surface area contributed by atoms with E-state index in [4.69, 9.17) is 16.0 Å². The normalized spacial score (nSPS) is 10.9. The number of nitrogens with zero attached hydrogens (tertiary/aromatic N) is 1. The number of hydrogen-bond acceptors (Lipinski definition) is 4. The minimum atomic E-state index is -0.0901. The number of aryl methyl sites for hydroxylation is 2. The highest BCUT2D eigenvalue weighted by Gasteiger charge is 2.11. The largest absolute Gasteiger partial charge is 0.431 e. The van der Waals surface area contributed by atoms with Gasteiger partial charge in [0.15, 0.2) is 5.58 Å². The summed E-state index contributed by atoms with van der Waals surface area (Å²) in [5.41, 5.74) is 4.30. The van der Waals surface area contributed by atoms with Crippen molar-refractivity contribution in [3.05, 3.63) is 52.5 Å². The van der Waals surface area contributed by atoms with Crippen LogP contribution in [0.3, 0.4) is 0 Å². The lowest BCUT2D eigenvalue weighted by Crippen LogP contribution is -2.15. The number of oxazole rings is 1. The Morgan fingerprint density at radius 2 is 2.00 bits per heavy atom. The van der Waals surface area contributed by atoms with Gasteiger partial charge in [0.25, 0.3) is 5.22 Å². The van der Waals surface area contributed by atoms with Gasteiger partial charge < -0.3 is 9.73 Å². The van der Waals surface area contributed by atoms with Gasteiger partial charge in [-0.3, -0.25) is 4.79 Å². The Labute approximate surface area is 143 Å². The van der Waals surface area contributed by atoms with Crippen LogP contribution < -0.4 is 5.32 Å². The fourth-order valence-electron chi connectivity index (χ4n) is 2.25. The Hall–Kier alpha value is -1.98. The van der Waals surface area contributed by atoms with E-state index in [9.17, 15) is 4.79 Å². The molecule has 0 aliphatic carbocycles. The van der Waals surface area contributed by atoms with Gasteiger partial charge in [-0.15, -0.1) is 0 Å². The van der Waals surface area contributed by atoms with E-state index >= 15 is 0 Å². The number of thioether (sulfide) groups is 1. The number of carbonyl (C=O) groups excluding carboxylic acids is 1. The zero-order chi connectivity index (χ0) is 16.4. The van der Waals surface area contributed by atoms with E-state index in [-0.39, 0.29) is 11.7 Å². The molecule has 3 rings (SSSR count). The molecule has 0 aliphatic heterocycles. The van der Waals surface area contributed by atoms with E-state index in [1.54, 1.807) is 18.2 Å². The molecule has 0 unspecified atom stereocenters. The van der Waals surface area contributed by atoms with Gasteiger partial charge in [0, 0.05) is 16.8 Å². The summed E-state index contributed by atoms with van der Waals surface area (Å²) in [5.74, 6) is 0.140. The Balaban J connectivity index is 1.66. The Kier molecular flexibility index (Phi) is 4.59. The molecule has 23 heavy (non-hydrogen) atoms. The highest BCUT2D eigenvalue weighted by Crippen LogP contribution is 2.26. The molecule has 4 nitrogen and oxygen atoms in total. The van der Waals surface area contributed by atoms with Crippen molar-refractivity contribution in [2.24, 2.45) is 0 Å². The van der Waals surface area contributed by atoms with Crippen LogP contribution in [0, 0.1) is 13.8 Å². The molecule has 1 heterocycles. The molecular weight excluding hydrogens is 332 g/mol. The molecule has 6 heteroatoms. The molecule has 2 aromatic carbocycles. The third-order valence-electron chi connectivity index (χ3n) is 3.40. The van der Waals surface area contributed by atoms with Gasteiger partial charge >= 0.3 is 0 Å². The van der Waals surface area contributed by atoms with Crippen LogP contribution in [0.5, 0.6) is 0 Å². The van der Waals surface area contributed by atoms with Crippen molar-refractivity contribution in [2.75, 3.05) is 11.1 Å². The predicted octanol–water partition coefficient (Wildman–Crippen LogP) is 4.83. The van der Waals surface area contributed by atoms with Crippen LogP contribution in [0.1, 0.15) is 11.1 Å². The molecule has 1 amide bonds. The first kappa shape index (κ1) is 15.9. The van der Waals surface area contributed by atoms with Crippen LogP contribution >= 0.6 is 23.4 Å². The van der Waals surface area contributed by atoms with Crippen molar-refractivity contribution >= 4 is 46.1 Å². The molecule has 0 fully saturated rings. The van der Waals surface area contributed by atoms with E-state index in [2.05, 4.69) is 10.3 Å². The third-order valence-corrected chi connectivity index (χ3v) is 4.47. The first-order valence-corrected chi connectivity index (χ1v) is 8.44. The number of rotatable bonds is 4. The average Bonchev–Trinajstić information content (AvgIpc) is 2.91. The maximum Gasteiger partial charge on any atom is 0.257 e. The minimum absolute atomic E-state index is 0.0901. The van der Waals surface area contributed by atoms with E-state index in [1.165, 1.54) is 11.8 Å². The van der Waals surface area contributed by atoms with E-state index in [0.29, 0.717) is 15.8 Å². The number of para-hydroxylation sites is 1. The van der Waals surface area contributed by atoms with Gasteiger partial charge in [0.05, 0.1) is 5.75 Å². The van der Waals surface area contributed by atoms with E-state index < -0.39 is 0 Å². The summed E-state index contributed by atoms with van der Waals surface area (Å²) in [6.07, 6.45) is 0. The highest BCUT2D eigenvalue weighted by molar-refractivity contribution is 7.99. The predicted molar refractivity (Wildman–Crippen MR) is 94.3 cm³/mol. The lowest BCUT2D eigenvalue weighted by Gasteiger charge is -2.10. The maximum absolute atomic E-state index is 12.1. The third kappa shape index (κ3) is 3.68. The molecule has 0 aliphatic rings. The second kappa shape index (κ2) is 6.64. The topological polar surface area (TPSA) is 55.1 Å². The van der Waals surface area contributed by atoms with Crippen molar-refractivity contribution in [3.63, 3.8) is 0 Å². The number of anilines is 1. The first-order valence-electron chi connectivity index (χ1n) is 7.08. The fraction of sp³-hybridized carbons (Fsp3) is 0.176. The number of amides is 1. The van der Waals surface area contributed by atoms with Crippen molar-refractivity contribution < 1.29 is 9.21 Å². The molecular formula is C17H15ClN2O2S. The lowest BCUT2D eigenvalue weighted by molar-refractivity contribution is -0.113. The summed E-state index contributed by atoms with van der Waals surface area (Å²) < 4.78 is 5.58. The van der Waals surface area contributed by atoms with Crippen LogP contribution in [0.15, 0.2) is 46.0 Å². The number of fused-ring (bicyclic) bond motifs is 1. The standard InChI is InChI=1S/C17H15ClN2O2S/c1-10-4-3-5-11(2)16(10)20-15(21)9-23-17-19-13-7-6-12(18)8-14(13)22-17/h3-8H,9H2,1-2H3,(H,20,21). The van der Waals surface area contributed by atoms with Gasteiger partial charge in [-0.25, -0.2) is 4.98 Å². The van der Waals surface area contributed by atoms with Crippen molar-refractivity contribution in [1.29, 1.82) is 0 Å². The second-order valence-corrected chi connectivity index (χ2v) is 6.56. The molecule has 0 saturated carbocycles. The van der Waals surface area contributed by atoms with Crippen LogP contribution in [0.25, 0.3) is 11.1 Å². The zero-order valence-electron chi connectivity index (χ0n) is 12.7. The molecule has 0 saturated heterocycles. The summed E-state index contributed by atoms with van der Waals surface area (Å²) in [7, 11) is 0. The number of halogens is 1. The van der Waals surface area contributed by atoms with E-state index in [0.717, 1.165) is 22.3 Å². The van der Waals surface area contributed by atoms with Gasteiger partial charge in [-0.05, 0) is 37.1 Å². The number of nitrogens with one attached hydrogen (secondary N) is 1. The second-order valence-electron chi connectivity index (χ2n) is 5.20. The monoisotopic (exact) mass is 346 g/mol. The fourth-order valence-corrected chi connectivity index (χ4v) is 3.05. The number of carbonyl (C=O) groups is 1. The molecule has 0 radical (unpaired) electrons. The highest BCUT2D eigenvalue weighted by atomic mass is 35.5. The first-order chi connectivity index (χ1) is 11.0. The smallest absolute Gasteiger partial charge is 0.257 e. The number of aromatic nitrogens is 1. The lowest BCUT2D eigenvalue weighted by atomic mass is 10.1. The Morgan fingerprint density at radius 1 is 1.26 bits per heavy atom. The quantitative estimate of drug-likeness (QED) is 0.687. The summed E-state index contributed by atoms with van der Waals surface area (Å²) in [6, 6.07) is 11.2. The van der Waals surface area contributed by atoms with Crippen LogP contribution in [0.4, 0.5) is 5.69 Å². The summed E-state index contributed by atoms with van der Waals surface area (Å²) >= 11 is 7.17. The molecule has 1 N–H and O–H groups in total. The molecule has 0 spiro atoms. The zero-order valence-corrected chi connectivity index (χ0v) is 14.3. The Morgan fingerprint density at radius 3 is 2.74 bits per heavy atom. The molecule has 0 bridgehead atoms. The van der Waals surface area contributed by atoms with Crippen LogP contribution in [-0.2, 0) is 4.79 Å². The van der Waals surface area contributed by atoms with Crippen molar-refractivity contribution in [3.8, 4) is 0 Å². The van der Waals surface area contributed by atoms with Gasteiger partial charge in [0.1, 0.15) is 5.52 Å². The van der Waals surface area contributed by atoms with Gasteiger partial charge in [-0.1, -0.05) is 41.6 Å². The summed E-state index contributed by atoms with van der Waals surface area (Å²) in [6.45, 7) is 3.95. The minimum Gasteiger partial charge on any atom is -0.431 e. The summed E-state index contributed by atoms with van der Waals surface area (Å²) in [4.78, 5) is 16.5. The van der Waals surface area contributed by atoms with Gasteiger partial charge in [-0.2, -0.15) is 0 Å². The maximum atomic E-state index is 12.1. The summed E-state index contributed by atoms with van der Waals surface area (Å²) in [5, 5.41) is 3.99. The molecule has 1 aromatic heterocycles. The average molecular weight is 347 g/mol. The SMILES string of the molecule is Cc1cccc(C)c1NC(=O)CSc1nc2ccc(Cl)cc2o1. The van der Waals surface area contributed by atoms with Crippen LogP contribution in [0.2, 0.25) is 5.02 Å².